The highest BCUT2D eigenvalue weighted by Gasteiger charge is 2.23. The molecule has 0 saturated carbocycles. The molecule has 1 N–H and O–H groups in total. The van der Waals surface area contributed by atoms with Crippen molar-refractivity contribution >= 4 is 5.97 Å². The van der Waals surface area contributed by atoms with E-state index in [-0.39, 0.29) is 0 Å². The highest BCUT2D eigenvalue weighted by molar-refractivity contribution is 5.74. The van der Waals surface area contributed by atoms with E-state index in [1.54, 1.807) is 18.5 Å². The lowest BCUT2D eigenvalue weighted by atomic mass is 10.1. The molecular weight excluding hydrogens is 170 g/mol. The second-order valence-electron chi connectivity index (χ2n) is 2.96. The lowest BCUT2D eigenvalue weighted by molar-refractivity contribution is -0.139. The normalized spacial score (nSPS) is 12.8. The topological polar surface area (TPSA) is 68.0 Å². The number of aliphatic carboxylic acids is 1. The molecule has 0 fully saturated rings. The molecule has 0 bridgehead atoms. The number of aromatic nitrogens is 3. The highest BCUT2D eigenvalue weighted by Crippen LogP contribution is 2.17. The molecule has 5 nitrogen and oxygen atoms in total. The summed E-state index contributed by atoms with van der Waals surface area (Å²) in [6.45, 7) is 3.62. The Morgan fingerprint density at radius 2 is 2.23 bits per heavy atom. The molecule has 1 heterocycles. The lowest BCUT2D eigenvalue weighted by Crippen LogP contribution is -2.15. The molecule has 72 valence electrons. The van der Waals surface area contributed by atoms with E-state index in [4.69, 9.17) is 5.11 Å². The van der Waals surface area contributed by atoms with E-state index in [0.717, 1.165) is 5.82 Å². The number of hydrogen-bond acceptors (Lipinski definition) is 3. The molecule has 1 unspecified atom stereocenters. The number of aryl methyl sites for hydroxylation is 1. The van der Waals surface area contributed by atoms with Gasteiger partial charge in [0, 0.05) is 7.05 Å². The van der Waals surface area contributed by atoms with Crippen molar-refractivity contribution in [3.8, 4) is 0 Å². The quantitative estimate of drug-likeness (QED) is 0.749. The minimum atomic E-state index is -0.849. The fourth-order valence-electron chi connectivity index (χ4n) is 1.19. The number of carbonyl (C=O) groups is 1. The van der Waals surface area contributed by atoms with Crippen molar-refractivity contribution in [2.24, 2.45) is 7.05 Å². The van der Waals surface area contributed by atoms with E-state index in [0.29, 0.717) is 12.2 Å². The second kappa shape index (κ2) is 3.55. The largest absolute Gasteiger partial charge is 0.481 e. The molecule has 5 heteroatoms. The van der Waals surface area contributed by atoms with Gasteiger partial charge in [0.25, 0.3) is 0 Å². The summed E-state index contributed by atoms with van der Waals surface area (Å²) in [5.74, 6) is -0.147. The van der Waals surface area contributed by atoms with Crippen LogP contribution in [-0.2, 0) is 11.8 Å². The predicted octanol–water partition coefficient (Wildman–Crippen LogP) is 0.702. The van der Waals surface area contributed by atoms with Gasteiger partial charge in [0.15, 0.2) is 0 Å². The van der Waals surface area contributed by atoms with Gasteiger partial charge in [0.1, 0.15) is 17.6 Å². The molecule has 0 aliphatic carbocycles. The molecule has 1 atom stereocenters. The van der Waals surface area contributed by atoms with Crippen LogP contribution in [0.5, 0.6) is 0 Å². The monoisotopic (exact) mass is 183 g/mol. The summed E-state index contributed by atoms with van der Waals surface area (Å²) in [6.07, 6.45) is 0.529. The minimum absolute atomic E-state index is 0.521. The molecule has 0 aliphatic heterocycles. The van der Waals surface area contributed by atoms with Crippen molar-refractivity contribution in [3.63, 3.8) is 0 Å². The van der Waals surface area contributed by atoms with E-state index in [1.807, 2.05) is 6.92 Å². The van der Waals surface area contributed by atoms with E-state index in [1.165, 1.54) is 0 Å². The average molecular weight is 183 g/mol. The number of hydrogen-bond donors (Lipinski definition) is 1. The Morgan fingerprint density at radius 1 is 1.62 bits per heavy atom. The zero-order valence-electron chi connectivity index (χ0n) is 7.98. The lowest BCUT2D eigenvalue weighted by Gasteiger charge is -2.08. The van der Waals surface area contributed by atoms with Crippen LogP contribution in [0.3, 0.4) is 0 Å². The number of carboxylic acid groups (broad SMARTS) is 1. The first-order chi connectivity index (χ1) is 6.07. The first-order valence-corrected chi connectivity index (χ1v) is 4.16. The average Bonchev–Trinajstić information content (AvgIpc) is 2.37. The van der Waals surface area contributed by atoms with Crippen molar-refractivity contribution < 1.29 is 9.90 Å². The zero-order valence-corrected chi connectivity index (χ0v) is 7.98. The van der Waals surface area contributed by atoms with Gasteiger partial charge in [-0.3, -0.25) is 4.79 Å². The molecule has 0 radical (unpaired) electrons. The van der Waals surface area contributed by atoms with Gasteiger partial charge in [-0.2, -0.15) is 0 Å². The van der Waals surface area contributed by atoms with Gasteiger partial charge < -0.3 is 9.67 Å². The van der Waals surface area contributed by atoms with Crippen LogP contribution in [0.15, 0.2) is 0 Å². The zero-order chi connectivity index (χ0) is 10.0. The van der Waals surface area contributed by atoms with Crippen LogP contribution in [0, 0.1) is 6.92 Å². The van der Waals surface area contributed by atoms with Gasteiger partial charge in [-0.1, -0.05) is 6.92 Å². The van der Waals surface area contributed by atoms with Crippen molar-refractivity contribution in [1.29, 1.82) is 0 Å². The molecule has 0 spiro atoms. The third-order valence-electron chi connectivity index (χ3n) is 2.14. The molecule has 0 saturated heterocycles. The Bertz CT molecular complexity index is 319. The fourth-order valence-corrected chi connectivity index (χ4v) is 1.19. The maximum atomic E-state index is 10.8. The van der Waals surface area contributed by atoms with Gasteiger partial charge in [0.05, 0.1) is 0 Å². The SMILES string of the molecule is CCC(C(=O)O)c1nnc(C)n1C. The van der Waals surface area contributed by atoms with Crippen molar-refractivity contribution in [2.45, 2.75) is 26.2 Å². The van der Waals surface area contributed by atoms with E-state index in [2.05, 4.69) is 10.2 Å². The molecule has 0 aromatic carbocycles. The van der Waals surface area contributed by atoms with Crippen molar-refractivity contribution in [3.05, 3.63) is 11.6 Å². The Morgan fingerprint density at radius 3 is 2.54 bits per heavy atom. The van der Waals surface area contributed by atoms with Crippen LogP contribution in [0.25, 0.3) is 0 Å². The Hall–Kier alpha value is -1.39. The van der Waals surface area contributed by atoms with Gasteiger partial charge in [-0.15, -0.1) is 10.2 Å². The smallest absolute Gasteiger partial charge is 0.314 e. The van der Waals surface area contributed by atoms with E-state index in [9.17, 15) is 4.79 Å². The van der Waals surface area contributed by atoms with Crippen LogP contribution < -0.4 is 0 Å². The maximum Gasteiger partial charge on any atom is 0.314 e. The summed E-state index contributed by atoms with van der Waals surface area (Å²) >= 11 is 0. The summed E-state index contributed by atoms with van der Waals surface area (Å²) in [6, 6.07) is 0. The van der Waals surface area contributed by atoms with Crippen molar-refractivity contribution in [1.82, 2.24) is 14.8 Å². The van der Waals surface area contributed by atoms with Gasteiger partial charge in [0.2, 0.25) is 0 Å². The third-order valence-corrected chi connectivity index (χ3v) is 2.14. The molecule has 13 heavy (non-hydrogen) atoms. The Labute approximate surface area is 76.4 Å². The number of nitrogens with zero attached hydrogens (tertiary/aromatic N) is 3. The van der Waals surface area contributed by atoms with Crippen molar-refractivity contribution in [2.75, 3.05) is 0 Å². The second-order valence-corrected chi connectivity index (χ2v) is 2.96. The molecular formula is C8H13N3O2. The first-order valence-electron chi connectivity index (χ1n) is 4.16. The molecule has 0 aliphatic rings. The predicted molar refractivity (Wildman–Crippen MR) is 46.4 cm³/mol. The Balaban J connectivity index is 3.05. The summed E-state index contributed by atoms with van der Waals surface area (Å²) in [5.41, 5.74) is 0. The standard InChI is InChI=1S/C8H13N3O2/c1-4-6(8(12)13)7-10-9-5(2)11(7)3/h6H,4H2,1-3H3,(H,12,13). The summed E-state index contributed by atoms with van der Waals surface area (Å²) in [4.78, 5) is 10.8. The molecule has 0 amide bonds. The van der Waals surface area contributed by atoms with Crippen LogP contribution >= 0.6 is 0 Å². The van der Waals surface area contributed by atoms with Gasteiger partial charge in [-0.25, -0.2) is 0 Å². The minimum Gasteiger partial charge on any atom is -0.481 e. The molecule has 1 aromatic rings. The van der Waals surface area contributed by atoms with Crippen LogP contribution in [-0.4, -0.2) is 25.8 Å². The highest BCUT2D eigenvalue weighted by atomic mass is 16.4. The van der Waals surface area contributed by atoms with Gasteiger partial charge >= 0.3 is 5.97 Å². The van der Waals surface area contributed by atoms with Crippen LogP contribution in [0.2, 0.25) is 0 Å². The maximum absolute atomic E-state index is 10.8. The Kier molecular flexibility index (Phi) is 2.65. The molecule has 1 aromatic heterocycles. The van der Waals surface area contributed by atoms with Crippen LogP contribution in [0.1, 0.15) is 30.9 Å². The van der Waals surface area contributed by atoms with Gasteiger partial charge in [-0.05, 0) is 13.3 Å². The van der Waals surface area contributed by atoms with E-state index >= 15 is 0 Å². The summed E-state index contributed by atoms with van der Waals surface area (Å²) in [5, 5.41) is 16.5. The summed E-state index contributed by atoms with van der Waals surface area (Å²) < 4.78 is 1.71. The van der Waals surface area contributed by atoms with E-state index < -0.39 is 11.9 Å². The fraction of sp³-hybridized carbons (Fsp3) is 0.625. The first kappa shape index (κ1) is 9.70. The number of rotatable bonds is 3. The third kappa shape index (κ3) is 1.68. The van der Waals surface area contributed by atoms with Crippen LogP contribution in [0.4, 0.5) is 0 Å². The summed E-state index contributed by atoms with van der Waals surface area (Å²) in [7, 11) is 1.77. The molecule has 1 rings (SSSR count). The number of carboxylic acids is 1.